The van der Waals surface area contributed by atoms with Crippen LogP contribution in [0.25, 0.3) is 0 Å². The van der Waals surface area contributed by atoms with E-state index in [9.17, 15) is 19.3 Å². The number of rotatable bonds is 5. The minimum absolute atomic E-state index is 0.121. The van der Waals surface area contributed by atoms with Gasteiger partial charge < -0.3 is 10.2 Å². The number of nitrogens with zero attached hydrogens (tertiary/aromatic N) is 3. The van der Waals surface area contributed by atoms with Gasteiger partial charge in [-0.05, 0) is 37.3 Å². The van der Waals surface area contributed by atoms with E-state index in [4.69, 9.17) is 11.6 Å². The lowest BCUT2D eigenvalue weighted by Crippen LogP contribution is -2.52. The van der Waals surface area contributed by atoms with Crippen LogP contribution in [-0.2, 0) is 4.79 Å². The van der Waals surface area contributed by atoms with Crippen LogP contribution in [0, 0.1) is 15.9 Å². The van der Waals surface area contributed by atoms with Gasteiger partial charge in [0, 0.05) is 44.0 Å². The summed E-state index contributed by atoms with van der Waals surface area (Å²) in [5, 5.41) is 13.6. The summed E-state index contributed by atoms with van der Waals surface area (Å²) in [5.41, 5.74) is 1.16. The first-order chi connectivity index (χ1) is 13.3. The molecule has 1 unspecified atom stereocenters. The number of nitro benzene ring substituents is 1. The molecule has 3 rings (SSSR count). The van der Waals surface area contributed by atoms with E-state index >= 15 is 0 Å². The molecule has 2 aromatic rings. The summed E-state index contributed by atoms with van der Waals surface area (Å²) in [6, 6.07) is 9.92. The largest absolute Gasteiger partial charge is 0.369 e. The van der Waals surface area contributed by atoms with Gasteiger partial charge >= 0.3 is 0 Å². The van der Waals surface area contributed by atoms with Gasteiger partial charge in [-0.15, -0.1) is 0 Å². The third kappa shape index (κ3) is 4.58. The van der Waals surface area contributed by atoms with E-state index in [0.29, 0.717) is 18.8 Å². The molecule has 0 spiro atoms. The molecule has 9 heteroatoms. The Kier molecular flexibility index (Phi) is 6.11. The van der Waals surface area contributed by atoms with Crippen molar-refractivity contribution in [2.75, 3.05) is 36.4 Å². The molecule has 0 bridgehead atoms. The standard InChI is InChI=1S/C19H20ClFN4O3/c1-13(19(26)22-18-7-6-16(25(27)28)12-17(18)20)23-8-10-24(11-9-23)15-4-2-14(21)3-5-15/h2-7,12-13H,8-11H2,1H3,(H,22,26). The maximum atomic E-state index is 13.1. The maximum Gasteiger partial charge on any atom is 0.271 e. The van der Waals surface area contributed by atoms with Crippen LogP contribution in [0.5, 0.6) is 0 Å². The minimum atomic E-state index is -0.541. The summed E-state index contributed by atoms with van der Waals surface area (Å²) in [7, 11) is 0. The van der Waals surface area contributed by atoms with Gasteiger partial charge in [0.25, 0.3) is 5.69 Å². The van der Waals surface area contributed by atoms with Gasteiger partial charge in [0.2, 0.25) is 5.91 Å². The lowest BCUT2D eigenvalue weighted by molar-refractivity contribution is -0.384. The van der Waals surface area contributed by atoms with E-state index in [-0.39, 0.29) is 28.5 Å². The summed E-state index contributed by atoms with van der Waals surface area (Å²) >= 11 is 6.04. The molecule has 1 aliphatic heterocycles. The minimum Gasteiger partial charge on any atom is -0.369 e. The molecule has 1 fully saturated rings. The number of piperazine rings is 1. The maximum absolute atomic E-state index is 13.1. The van der Waals surface area contributed by atoms with Gasteiger partial charge in [0.05, 0.1) is 21.7 Å². The number of hydrogen-bond acceptors (Lipinski definition) is 5. The molecule has 0 aliphatic carbocycles. The Morgan fingerprint density at radius 1 is 1.18 bits per heavy atom. The molecule has 0 saturated carbocycles. The number of carbonyl (C=O) groups excluding carboxylic acids is 1. The number of carbonyl (C=O) groups is 1. The molecule has 1 heterocycles. The molecular weight excluding hydrogens is 387 g/mol. The number of anilines is 2. The van der Waals surface area contributed by atoms with Gasteiger partial charge in [-0.25, -0.2) is 4.39 Å². The zero-order valence-electron chi connectivity index (χ0n) is 15.3. The highest BCUT2D eigenvalue weighted by Crippen LogP contribution is 2.27. The topological polar surface area (TPSA) is 78.7 Å². The van der Waals surface area contributed by atoms with Crippen LogP contribution in [-0.4, -0.2) is 48.0 Å². The van der Waals surface area contributed by atoms with Crippen molar-refractivity contribution in [2.24, 2.45) is 0 Å². The summed E-state index contributed by atoms with van der Waals surface area (Å²) in [4.78, 5) is 27.0. The van der Waals surface area contributed by atoms with Crippen LogP contribution in [0.4, 0.5) is 21.5 Å². The summed E-state index contributed by atoms with van der Waals surface area (Å²) in [5.74, 6) is -0.497. The molecule has 1 amide bonds. The summed E-state index contributed by atoms with van der Waals surface area (Å²) in [6.45, 7) is 4.62. The Bertz CT molecular complexity index is 870. The van der Waals surface area contributed by atoms with Crippen LogP contribution in [0.2, 0.25) is 5.02 Å². The first-order valence-electron chi connectivity index (χ1n) is 8.84. The van der Waals surface area contributed by atoms with E-state index in [2.05, 4.69) is 15.1 Å². The molecule has 7 nitrogen and oxygen atoms in total. The quantitative estimate of drug-likeness (QED) is 0.607. The van der Waals surface area contributed by atoms with E-state index in [0.717, 1.165) is 18.8 Å². The third-order valence-corrected chi connectivity index (χ3v) is 5.17. The molecule has 1 aliphatic rings. The first kappa shape index (κ1) is 20.0. The average molecular weight is 407 g/mol. The smallest absolute Gasteiger partial charge is 0.271 e. The monoisotopic (exact) mass is 406 g/mol. The predicted molar refractivity (Wildman–Crippen MR) is 106 cm³/mol. The Hall–Kier alpha value is -2.71. The van der Waals surface area contributed by atoms with E-state index in [1.165, 1.54) is 30.3 Å². The number of nitro groups is 1. The molecule has 1 saturated heterocycles. The lowest BCUT2D eigenvalue weighted by atomic mass is 10.2. The Morgan fingerprint density at radius 2 is 1.82 bits per heavy atom. The number of benzene rings is 2. The molecule has 1 N–H and O–H groups in total. The molecule has 2 aromatic carbocycles. The number of halogens is 2. The number of amides is 1. The molecule has 148 valence electrons. The SMILES string of the molecule is CC(C(=O)Nc1ccc([N+](=O)[O-])cc1Cl)N1CCN(c2ccc(F)cc2)CC1. The van der Waals surface area contributed by atoms with Crippen molar-refractivity contribution >= 4 is 34.6 Å². The molecule has 28 heavy (non-hydrogen) atoms. The number of nitrogens with one attached hydrogen (secondary N) is 1. The second-order valence-electron chi connectivity index (χ2n) is 6.59. The highest BCUT2D eigenvalue weighted by Gasteiger charge is 2.26. The van der Waals surface area contributed by atoms with Gasteiger partial charge in [0.15, 0.2) is 0 Å². The van der Waals surface area contributed by atoms with Crippen molar-refractivity contribution < 1.29 is 14.1 Å². The molecule has 0 aromatic heterocycles. The zero-order chi connectivity index (χ0) is 20.3. The van der Waals surface area contributed by atoms with Crippen LogP contribution < -0.4 is 10.2 Å². The van der Waals surface area contributed by atoms with E-state index < -0.39 is 4.92 Å². The summed E-state index contributed by atoms with van der Waals surface area (Å²) < 4.78 is 13.1. The third-order valence-electron chi connectivity index (χ3n) is 4.85. The molecule has 0 radical (unpaired) electrons. The second-order valence-corrected chi connectivity index (χ2v) is 6.99. The van der Waals surface area contributed by atoms with Crippen LogP contribution in [0.3, 0.4) is 0 Å². The van der Waals surface area contributed by atoms with Crippen molar-refractivity contribution in [3.8, 4) is 0 Å². The molecular formula is C19H20ClFN4O3. The van der Waals surface area contributed by atoms with E-state index in [1.807, 2.05) is 6.92 Å². The van der Waals surface area contributed by atoms with Gasteiger partial charge in [-0.3, -0.25) is 19.8 Å². The fourth-order valence-corrected chi connectivity index (χ4v) is 3.36. The van der Waals surface area contributed by atoms with Crippen molar-refractivity contribution in [2.45, 2.75) is 13.0 Å². The Morgan fingerprint density at radius 3 is 2.39 bits per heavy atom. The van der Waals surface area contributed by atoms with Crippen LogP contribution in [0.1, 0.15) is 6.92 Å². The summed E-state index contributed by atoms with van der Waals surface area (Å²) in [6.07, 6.45) is 0. The van der Waals surface area contributed by atoms with Crippen LogP contribution >= 0.6 is 11.6 Å². The van der Waals surface area contributed by atoms with Crippen molar-refractivity contribution in [1.29, 1.82) is 0 Å². The first-order valence-corrected chi connectivity index (χ1v) is 9.22. The Labute approximate surface area is 166 Å². The second kappa shape index (κ2) is 8.53. The van der Waals surface area contributed by atoms with Crippen LogP contribution in [0.15, 0.2) is 42.5 Å². The Balaban J connectivity index is 1.57. The average Bonchev–Trinajstić information content (AvgIpc) is 2.69. The number of hydrogen-bond donors (Lipinski definition) is 1. The van der Waals surface area contributed by atoms with Crippen molar-refractivity contribution in [3.05, 3.63) is 63.4 Å². The van der Waals surface area contributed by atoms with E-state index in [1.54, 1.807) is 12.1 Å². The highest BCUT2D eigenvalue weighted by atomic mass is 35.5. The number of non-ortho nitro benzene ring substituents is 1. The van der Waals surface area contributed by atoms with Crippen molar-refractivity contribution in [3.63, 3.8) is 0 Å². The highest BCUT2D eigenvalue weighted by molar-refractivity contribution is 6.34. The normalized spacial score (nSPS) is 15.9. The predicted octanol–water partition coefficient (Wildman–Crippen LogP) is 3.54. The lowest BCUT2D eigenvalue weighted by Gasteiger charge is -2.38. The molecule has 1 atom stereocenters. The van der Waals surface area contributed by atoms with Gasteiger partial charge in [-0.1, -0.05) is 11.6 Å². The van der Waals surface area contributed by atoms with Crippen molar-refractivity contribution in [1.82, 2.24) is 4.90 Å². The van der Waals surface area contributed by atoms with Gasteiger partial charge in [0.1, 0.15) is 5.82 Å². The fourth-order valence-electron chi connectivity index (χ4n) is 3.14. The van der Waals surface area contributed by atoms with Gasteiger partial charge in [-0.2, -0.15) is 0 Å². The zero-order valence-corrected chi connectivity index (χ0v) is 16.0. The fraction of sp³-hybridized carbons (Fsp3) is 0.316.